The molecule has 3 aromatic rings. The number of hydrogen-bond donors (Lipinski definition) is 1. The number of likely N-dealkylation sites (tertiary alicyclic amines) is 1. The molecule has 220 valence electrons. The van der Waals surface area contributed by atoms with Crippen molar-refractivity contribution < 1.29 is 14.6 Å². The molecule has 0 unspecified atom stereocenters. The molecular weight excluding hydrogens is 514 g/mol. The average Bonchev–Trinajstić information content (AvgIpc) is 3.45. The summed E-state index contributed by atoms with van der Waals surface area (Å²) < 4.78 is 8.13. The number of fused-ring (bicyclic) bond motifs is 1. The number of carbonyl (C=O) groups is 1. The predicted octanol–water partition coefficient (Wildman–Crippen LogP) is 4.40. The quantitative estimate of drug-likeness (QED) is 0.441. The van der Waals surface area contributed by atoms with Crippen molar-refractivity contribution in [3.05, 3.63) is 54.4 Å². The van der Waals surface area contributed by atoms with Crippen molar-refractivity contribution in [1.82, 2.24) is 19.4 Å². The highest BCUT2D eigenvalue weighted by Crippen LogP contribution is 2.39. The molecule has 1 saturated carbocycles. The van der Waals surface area contributed by atoms with Gasteiger partial charge in [-0.25, -0.2) is 4.52 Å². The Morgan fingerprint density at radius 2 is 1.76 bits per heavy atom. The first-order chi connectivity index (χ1) is 19.9. The van der Waals surface area contributed by atoms with E-state index in [-0.39, 0.29) is 24.2 Å². The number of anilines is 1. The van der Waals surface area contributed by atoms with Crippen LogP contribution < -0.4 is 4.90 Å². The molecule has 8 heteroatoms. The van der Waals surface area contributed by atoms with E-state index in [0.29, 0.717) is 11.8 Å². The van der Waals surface area contributed by atoms with Gasteiger partial charge < -0.3 is 19.6 Å². The Balaban J connectivity index is 1.15. The maximum atomic E-state index is 12.8. The third kappa shape index (κ3) is 5.38. The minimum atomic E-state index is -0.288. The molecule has 1 aromatic carbocycles. The number of aliphatic hydroxyl groups excluding tert-OH is 1. The van der Waals surface area contributed by atoms with Crippen LogP contribution in [0.15, 0.2) is 48.8 Å². The highest BCUT2D eigenvalue weighted by atomic mass is 16.5. The van der Waals surface area contributed by atoms with Crippen molar-refractivity contribution in [1.29, 1.82) is 0 Å². The molecule has 2 aromatic heterocycles. The lowest BCUT2D eigenvalue weighted by Crippen LogP contribution is -2.52. The molecule has 1 atom stereocenters. The molecule has 0 radical (unpaired) electrons. The Bertz CT molecular complexity index is 1330. The molecular formula is C33H45N5O3. The largest absolute Gasteiger partial charge is 0.395 e. The van der Waals surface area contributed by atoms with E-state index in [1.165, 1.54) is 11.3 Å². The number of benzene rings is 1. The molecule has 2 saturated heterocycles. The van der Waals surface area contributed by atoms with Gasteiger partial charge in [0.25, 0.3) is 0 Å². The maximum Gasteiger partial charge on any atom is 0.225 e. The van der Waals surface area contributed by atoms with Crippen molar-refractivity contribution >= 4 is 17.1 Å². The van der Waals surface area contributed by atoms with Crippen LogP contribution in [0.1, 0.15) is 51.5 Å². The topological polar surface area (TPSA) is 73.6 Å². The van der Waals surface area contributed by atoms with Crippen molar-refractivity contribution in [2.45, 2.75) is 57.6 Å². The van der Waals surface area contributed by atoms with Gasteiger partial charge >= 0.3 is 0 Å². The van der Waals surface area contributed by atoms with Gasteiger partial charge in [-0.3, -0.25) is 9.69 Å². The summed E-state index contributed by atoms with van der Waals surface area (Å²) in [4.78, 5) is 19.7. The number of piperidine rings is 1. The van der Waals surface area contributed by atoms with Crippen LogP contribution in [0.25, 0.3) is 16.6 Å². The average molecular weight is 560 g/mol. The second kappa shape index (κ2) is 11.7. The van der Waals surface area contributed by atoms with Crippen LogP contribution in [0.2, 0.25) is 0 Å². The molecule has 41 heavy (non-hydrogen) atoms. The van der Waals surface area contributed by atoms with E-state index < -0.39 is 0 Å². The van der Waals surface area contributed by atoms with Crippen molar-refractivity contribution in [2.24, 2.45) is 11.8 Å². The molecule has 3 aliphatic rings. The number of piperazine rings is 1. The van der Waals surface area contributed by atoms with Gasteiger partial charge in [-0.05, 0) is 61.3 Å². The number of amides is 1. The number of rotatable bonds is 8. The Hall–Kier alpha value is -2.94. The Morgan fingerprint density at radius 1 is 1.05 bits per heavy atom. The maximum absolute atomic E-state index is 12.8. The van der Waals surface area contributed by atoms with Crippen molar-refractivity contribution in [3.63, 3.8) is 0 Å². The van der Waals surface area contributed by atoms with E-state index in [0.717, 1.165) is 88.0 Å². The zero-order chi connectivity index (χ0) is 28.6. The second-order valence-electron chi connectivity index (χ2n) is 12.4. The smallest absolute Gasteiger partial charge is 0.225 e. The SMILES string of the molecule is CC[C@H](CO)N1CCC(OC)(c2ccc(-c3cc4c(N5CCN(C(=O)C6CC(C)C6)CC5)ccnn4c3)cc2)CC1. The number of carbonyl (C=O) groups excluding carboxylic acids is 1. The third-order valence-electron chi connectivity index (χ3n) is 10.1. The summed E-state index contributed by atoms with van der Waals surface area (Å²) in [6.45, 7) is 9.69. The van der Waals surface area contributed by atoms with Gasteiger partial charge in [-0.2, -0.15) is 5.10 Å². The highest BCUT2D eigenvalue weighted by Gasteiger charge is 2.38. The van der Waals surface area contributed by atoms with E-state index in [4.69, 9.17) is 4.74 Å². The van der Waals surface area contributed by atoms with Crippen LogP contribution in [0.3, 0.4) is 0 Å². The summed E-state index contributed by atoms with van der Waals surface area (Å²) in [7, 11) is 1.82. The molecule has 6 rings (SSSR count). The molecule has 0 spiro atoms. The molecule has 3 fully saturated rings. The normalized spacial score (nSPS) is 23.9. The number of aliphatic hydroxyl groups is 1. The predicted molar refractivity (Wildman–Crippen MR) is 162 cm³/mol. The molecule has 8 nitrogen and oxygen atoms in total. The van der Waals surface area contributed by atoms with Crippen LogP contribution in [-0.2, 0) is 15.1 Å². The van der Waals surface area contributed by atoms with E-state index in [1.54, 1.807) is 0 Å². The van der Waals surface area contributed by atoms with E-state index in [1.807, 2.05) is 17.8 Å². The fourth-order valence-corrected chi connectivity index (χ4v) is 7.29. The fraction of sp³-hybridized carbons (Fsp3) is 0.576. The molecule has 4 heterocycles. The zero-order valence-electron chi connectivity index (χ0n) is 24.8. The fourth-order valence-electron chi connectivity index (χ4n) is 7.29. The minimum absolute atomic E-state index is 0.212. The Morgan fingerprint density at radius 3 is 2.37 bits per heavy atom. The van der Waals surface area contributed by atoms with Gasteiger partial charge in [0.2, 0.25) is 5.91 Å². The standard InChI is InChI=1S/C33H45N5O3/c1-4-29(23-39)35-13-10-33(41-3,11-14-35)28-7-5-25(6-8-28)27-21-31-30(9-12-34-38(31)22-27)36-15-17-37(18-16-36)32(40)26-19-24(2)20-26/h5-9,12,21-22,24,26,29,39H,4,10-11,13-20,23H2,1-3H3/t24?,26?,29-/m1/s1. The van der Waals surface area contributed by atoms with Gasteiger partial charge in [-0.1, -0.05) is 38.1 Å². The van der Waals surface area contributed by atoms with Crippen LogP contribution in [0.4, 0.5) is 5.69 Å². The monoisotopic (exact) mass is 559 g/mol. The number of hydrogen-bond acceptors (Lipinski definition) is 6. The van der Waals surface area contributed by atoms with Crippen LogP contribution in [0, 0.1) is 11.8 Å². The summed E-state index contributed by atoms with van der Waals surface area (Å²) in [5.74, 6) is 1.29. The van der Waals surface area contributed by atoms with Gasteiger partial charge in [0.15, 0.2) is 0 Å². The summed E-state index contributed by atoms with van der Waals surface area (Å²) >= 11 is 0. The Labute approximate surface area is 243 Å². The van der Waals surface area contributed by atoms with Crippen LogP contribution in [-0.4, -0.2) is 89.5 Å². The van der Waals surface area contributed by atoms with Crippen molar-refractivity contribution in [2.75, 3.05) is 57.9 Å². The minimum Gasteiger partial charge on any atom is -0.395 e. The van der Waals surface area contributed by atoms with E-state index in [9.17, 15) is 9.90 Å². The molecule has 1 N–H and O–H groups in total. The summed E-state index contributed by atoms with van der Waals surface area (Å²) in [5.41, 5.74) is 5.49. The number of ether oxygens (including phenoxy) is 1. The number of methoxy groups -OCH3 is 1. The molecule has 0 bridgehead atoms. The molecule has 1 amide bonds. The Kier molecular flexibility index (Phi) is 8.07. The molecule has 1 aliphatic carbocycles. The van der Waals surface area contributed by atoms with Gasteiger partial charge in [0.1, 0.15) is 0 Å². The lowest BCUT2D eigenvalue weighted by Gasteiger charge is -2.43. The van der Waals surface area contributed by atoms with Gasteiger partial charge in [0, 0.05) is 76.3 Å². The van der Waals surface area contributed by atoms with Crippen molar-refractivity contribution in [3.8, 4) is 11.1 Å². The lowest BCUT2D eigenvalue weighted by atomic mass is 9.75. The van der Waals surface area contributed by atoms with E-state index >= 15 is 0 Å². The first kappa shape index (κ1) is 28.2. The van der Waals surface area contributed by atoms with E-state index in [2.05, 4.69) is 76.2 Å². The number of nitrogens with zero attached hydrogens (tertiary/aromatic N) is 5. The van der Waals surface area contributed by atoms with Gasteiger partial charge in [0.05, 0.1) is 23.4 Å². The first-order valence-electron chi connectivity index (χ1n) is 15.5. The molecule has 2 aliphatic heterocycles. The third-order valence-corrected chi connectivity index (χ3v) is 10.1. The summed E-state index contributed by atoms with van der Waals surface area (Å²) in [6, 6.07) is 13.4. The first-order valence-corrected chi connectivity index (χ1v) is 15.5. The lowest BCUT2D eigenvalue weighted by molar-refractivity contribution is -0.140. The van der Waals surface area contributed by atoms with Crippen LogP contribution >= 0.6 is 0 Å². The second-order valence-corrected chi connectivity index (χ2v) is 12.4. The summed E-state index contributed by atoms with van der Waals surface area (Å²) in [6.07, 6.45) is 8.87. The zero-order valence-corrected chi connectivity index (χ0v) is 24.8. The number of aromatic nitrogens is 2. The van der Waals surface area contributed by atoms with Crippen LogP contribution in [0.5, 0.6) is 0 Å². The highest BCUT2D eigenvalue weighted by molar-refractivity contribution is 5.82. The summed E-state index contributed by atoms with van der Waals surface area (Å²) in [5, 5.41) is 14.3. The van der Waals surface area contributed by atoms with Gasteiger partial charge in [-0.15, -0.1) is 0 Å².